The van der Waals surface area contributed by atoms with Gasteiger partial charge in [0, 0.05) is 11.7 Å². The van der Waals surface area contributed by atoms with E-state index < -0.39 is 0 Å². The van der Waals surface area contributed by atoms with E-state index in [0.717, 1.165) is 5.69 Å². The van der Waals surface area contributed by atoms with Gasteiger partial charge in [-0.1, -0.05) is 41.4 Å². The molecule has 2 aromatic rings. The summed E-state index contributed by atoms with van der Waals surface area (Å²) in [4.78, 5) is 0. The van der Waals surface area contributed by atoms with Crippen LogP contribution in [0, 0.1) is 18.3 Å². The molecule has 0 amide bonds. The van der Waals surface area contributed by atoms with Crippen LogP contribution in [0.4, 0.5) is 5.69 Å². The van der Waals surface area contributed by atoms with Crippen molar-refractivity contribution in [2.24, 2.45) is 0 Å². The molecule has 1 unspecified atom stereocenters. The van der Waals surface area contributed by atoms with Crippen molar-refractivity contribution < 1.29 is 0 Å². The second-order valence-corrected chi connectivity index (χ2v) is 4.99. The van der Waals surface area contributed by atoms with Gasteiger partial charge in [-0.2, -0.15) is 5.26 Å². The third-order valence-electron chi connectivity index (χ3n) is 3.05. The molecule has 19 heavy (non-hydrogen) atoms. The molecule has 1 atom stereocenters. The van der Waals surface area contributed by atoms with Crippen molar-refractivity contribution in [3.05, 3.63) is 64.2 Å². The van der Waals surface area contributed by atoms with E-state index in [-0.39, 0.29) is 6.04 Å². The fourth-order valence-corrected chi connectivity index (χ4v) is 2.05. The van der Waals surface area contributed by atoms with Gasteiger partial charge in [0.05, 0.1) is 10.6 Å². The number of hydrogen-bond donors (Lipinski definition) is 1. The Bertz CT molecular complexity index is 612. The van der Waals surface area contributed by atoms with E-state index in [1.807, 2.05) is 6.07 Å². The van der Waals surface area contributed by atoms with Crippen LogP contribution < -0.4 is 5.32 Å². The summed E-state index contributed by atoms with van der Waals surface area (Å²) in [5.74, 6) is 0. The summed E-state index contributed by atoms with van der Waals surface area (Å²) in [6.45, 7) is 4.16. The second-order valence-electron chi connectivity index (χ2n) is 4.58. The number of anilines is 1. The van der Waals surface area contributed by atoms with Crippen molar-refractivity contribution in [3.8, 4) is 6.07 Å². The van der Waals surface area contributed by atoms with Crippen molar-refractivity contribution in [1.29, 1.82) is 5.26 Å². The van der Waals surface area contributed by atoms with E-state index in [2.05, 4.69) is 49.5 Å². The van der Waals surface area contributed by atoms with Crippen LogP contribution in [0.15, 0.2) is 42.5 Å². The Balaban J connectivity index is 2.17. The lowest BCUT2D eigenvalue weighted by Crippen LogP contribution is -2.06. The molecule has 0 bridgehead atoms. The smallest absolute Gasteiger partial charge is 0.101 e. The number of benzene rings is 2. The maximum absolute atomic E-state index is 8.96. The summed E-state index contributed by atoms with van der Waals surface area (Å²) in [5.41, 5.74) is 3.84. The highest BCUT2D eigenvalue weighted by atomic mass is 35.5. The Morgan fingerprint density at radius 2 is 1.84 bits per heavy atom. The van der Waals surface area contributed by atoms with E-state index in [1.54, 1.807) is 12.1 Å². The minimum absolute atomic E-state index is 0.174. The van der Waals surface area contributed by atoms with Crippen LogP contribution in [0.3, 0.4) is 0 Å². The zero-order chi connectivity index (χ0) is 13.8. The molecule has 0 aliphatic rings. The molecular weight excluding hydrogens is 256 g/mol. The van der Waals surface area contributed by atoms with Crippen molar-refractivity contribution in [1.82, 2.24) is 0 Å². The number of nitrogens with zero attached hydrogens (tertiary/aromatic N) is 1. The molecule has 96 valence electrons. The van der Waals surface area contributed by atoms with E-state index in [0.29, 0.717) is 10.6 Å². The third kappa shape index (κ3) is 3.27. The standard InChI is InChI=1S/C16H15ClN2/c1-11-3-5-13(6-4-11)12(2)19-15-7-8-16(17)14(9-15)10-18/h3-9,12,19H,1-2H3. The predicted octanol–water partition coefficient (Wildman–Crippen LogP) is 4.69. The second kappa shape index (κ2) is 5.77. The van der Waals surface area contributed by atoms with Crippen molar-refractivity contribution in [2.45, 2.75) is 19.9 Å². The van der Waals surface area contributed by atoms with Gasteiger partial charge >= 0.3 is 0 Å². The van der Waals surface area contributed by atoms with Crippen LogP contribution in [-0.4, -0.2) is 0 Å². The van der Waals surface area contributed by atoms with Crippen LogP contribution >= 0.6 is 11.6 Å². The number of nitrogens with one attached hydrogen (secondary N) is 1. The van der Waals surface area contributed by atoms with Gasteiger partial charge in [-0.15, -0.1) is 0 Å². The summed E-state index contributed by atoms with van der Waals surface area (Å²) >= 11 is 5.92. The van der Waals surface area contributed by atoms with Gasteiger partial charge in [0.2, 0.25) is 0 Å². The number of hydrogen-bond acceptors (Lipinski definition) is 2. The Labute approximate surface area is 118 Å². The number of halogens is 1. The molecule has 2 aromatic carbocycles. The summed E-state index contributed by atoms with van der Waals surface area (Å²) < 4.78 is 0. The zero-order valence-corrected chi connectivity index (χ0v) is 11.7. The average Bonchev–Trinajstić information content (AvgIpc) is 2.41. The van der Waals surface area contributed by atoms with Crippen LogP contribution in [0.5, 0.6) is 0 Å². The van der Waals surface area contributed by atoms with E-state index in [1.165, 1.54) is 11.1 Å². The minimum atomic E-state index is 0.174. The van der Waals surface area contributed by atoms with Gasteiger partial charge in [0.1, 0.15) is 6.07 Å². The lowest BCUT2D eigenvalue weighted by atomic mass is 10.1. The Hall–Kier alpha value is -1.98. The van der Waals surface area contributed by atoms with Crippen LogP contribution in [0.25, 0.3) is 0 Å². The van der Waals surface area contributed by atoms with E-state index >= 15 is 0 Å². The number of nitriles is 1. The van der Waals surface area contributed by atoms with Gasteiger partial charge in [0.25, 0.3) is 0 Å². The third-order valence-corrected chi connectivity index (χ3v) is 3.38. The summed E-state index contributed by atoms with van der Waals surface area (Å²) in [7, 11) is 0. The van der Waals surface area contributed by atoms with Gasteiger partial charge in [-0.3, -0.25) is 0 Å². The van der Waals surface area contributed by atoms with Crippen LogP contribution in [0.2, 0.25) is 5.02 Å². The molecule has 0 aromatic heterocycles. The lowest BCUT2D eigenvalue weighted by Gasteiger charge is -2.16. The molecule has 2 nitrogen and oxygen atoms in total. The topological polar surface area (TPSA) is 35.8 Å². The summed E-state index contributed by atoms with van der Waals surface area (Å²) in [5, 5.41) is 12.8. The molecule has 0 heterocycles. The highest BCUT2D eigenvalue weighted by Gasteiger charge is 2.06. The number of rotatable bonds is 3. The molecule has 1 N–H and O–H groups in total. The lowest BCUT2D eigenvalue weighted by molar-refractivity contribution is 0.884. The summed E-state index contributed by atoms with van der Waals surface area (Å²) in [6, 6.07) is 16.0. The quantitative estimate of drug-likeness (QED) is 0.878. The van der Waals surface area contributed by atoms with Gasteiger partial charge in [-0.05, 0) is 37.6 Å². The predicted molar refractivity (Wildman–Crippen MR) is 79.4 cm³/mol. The molecule has 0 spiro atoms. The SMILES string of the molecule is Cc1ccc(C(C)Nc2ccc(Cl)c(C#N)c2)cc1. The molecular formula is C16H15ClN2. The molecule has 0 saturated carbocycles. The first kappa shape index (κ1) is 13.5. The maximum Gasteiger partial charge on any atom is 0.101 e. The van der Waals surface area contributed by atoms with Crippen LogP contribution in [-0.2, 0) is 0 Å². The van der Waals surface area contributed by atoms with Crippen molar-refractivity contribution in [3.63, 3.8) is 0 Å². The highest BCUT2D eigenvalue weighted by Crippen LogP contribution is 2.23. The molecule has 0 radical (unpaired) electrons. The Morgan fingerprint density at radius 1 is 1.16 bits per heavy atom. The summed E-state index contributed by atoms with van der Waals surface area (Å²) in [6.07, 6.45) is 0. The maximum atomic E-state index is 8.96. The van der Waals surface area contributed by atoms with Crippen molar-refractivity contribution in [2.75, 3.05) is 5.32 Å². The average molecular weight is 271 g/mol. The van der Waals surface area contributed by atoms with Gasteiger partial charge < -0.3 is 5.32 Å². The highest BCUT2D eigenvalue weighted by molar-refractivity contribution is 6.31. The van der Waals surface area contributed by atoms with Gasteiger partial charge in [-0.25, -0.2) is 0 Å². The monoisotopic (exact) mass is 270 g/mol. The molecule has 3 heteroatoms. The first-order valence-electron chi connectivity index (χ1n) is 6.13. The molecule has 0 saturated heterocycles. The first-order valence-corrected chi connectivity index (χ1v) is 6.50. The molecule has 2 rings (SSSR count). The number of aryl methyl sites for hydroxylation is 1. The largest absolute Gasteiger partial charge is 0.378 e. The Morgan fingerprint density at radius 3 is 2.47 bits per heavy atom. The van der Waals surface area contributed by atoms with Crippen LogP contribution in [0.1, 0.15) is 29.7 Å². The van der Waals surface area contributed by atoms with Crippen molar-refractivity contribution >= 4 is 17.3 Å². The zero-order valence-electron chi connectivity index (χ0n) is 10.9. The first-order chi connectivity index (χ1) is 9.10. The normalized spacial score (nSPS) is 11.7. The van der Waals surface area contributed by atoms with Gasteiger partial charge in [0.15, 0.2) is 0 Å². The fraction of sp³-hybridized carbons (Fsp3) is 0.188. The minimum Gasteiger partial charge on any atom is -0.378 e. The van der Waals surface area contributed by atoms with E-state index in [9.17, 15) is 0 Å². The Kier molecular flexibility index (Phi) is 4.09. The molecule has 0 fully saturated rings. The fourth-order valence-electron chi connectivity index (χ4n) is 1.89. The van der Waals surface area contributed by atoms with E-state index in [4.69, 9.17) is 16.9 Å². The molecule has 0 aliphatic carbocycles. The molecule has 0 aliphatic heterocycles.